The van der Waals surface area contributed by atoms with E-state index >= 15 is 0 Å². The predicted octanol–water partition coefficient (Wildman–Crippen LogP) is 7.18. The van der Waals surface area contributed by atoms with Crippen molar-refractivity contribution in [2.45, 2.75) is 47.5 Å². The van der Waals surface area contributed by atoms with E-state index in [1.165, 1.54) is 40.8 Å². The van der Waals surface area contributed by atoms with Crippen LogP contribution in [0.4, 0.5) is 4.39 Å². The van der Waals surface area contributed by atoms with E-state index in [-0.39, 0.29) is 5.82 Å². The molecular weight excluding hydrogens is 321 g/mol. The highest BCUT2D eigenvalue weighted by Crippen LogP contribution is 2.22. The summed E-state index contributed by atoms with van der Waals surface area (Å²) in [6.45, 7) is 14.2. The molecule has 0 aliphatic carbocycles. The van der Waals surface area contributed by atoms with Crippen LogP contribution in [0.15, 0.2) is 49.1 Å². The molecule has 0 radical (unpaired) electrons. The fourth-order valence-corrected chi connectivity index (χ4v) is 2.86. The monoisotopic (exact) mass is 349 g/mol. The first-order valence-electron chi connectivity index (χ1n) is 8.92. The fourth-order valence-electron chi connectivity index (χ4n) is 2.86. The molecular formula is C24H28FN. The number of hydrogen-bond donors (Lipinski definition) is 0. The molecule has 2 aromatic carbocycles. The van der Waals surface area contributed by atoms with Crippen molar-refractivity contribution in [3.63, 3.8) is 0 Å². The molecule has 0 aliphatic rings. The third-order valence-electron chi connectivity index (χ3n) is 4.20. The summed E-state index contributed by atoms with van der Waals surface area (Å²) in [7, 11) is 0. The van der Waals surface area contributed by atoms with E-state index in [0.717, 1.165) is 17.5 Å². The topological polar surface area (TPSA) is 23.8 Å². The number of benzene rings is 2. The maximum absolute atomic E-state index is 12.7. The van der Waals surface area contributed by atoms with Crippen molar-refractivity contribution in [1.82, 2.24) is 0 Å². The SMILES string of the molecule is C/C=C(/C#N)c1ccc(F)cc1C.C=C(CCC)c1ccc(C)cc1C. The van der Waals surface area contributed by atoms with E-state index in [4.69, 9.17) is 5.26 Å². The van der Waals surface area contributed by atoms with Crippen molar-refractivity contribution in [3.8, 4) is 6.07 Å². The summed E-state index contributed by atoms with van der Waals surface area (Å²) in [6, 6.07) is 13.0. The molecule has 0 spiro atoms. The minimum absolute atomic E-state index is 0.269. The lowest BCUT2D eigenvalue weighted by Crippen LogP contribution is -1.88. The van der Waals surface area contributed by atoms with Gasteiger partial charge in [-0.05, 0) is 74.1 Å². The summed E-state index contributed by atoms with van der Waals surface area (Å²) in [6.07, 6.45) is 4.00. The summed E-state index contributed by atoms with van der Waals surface area (Å²) in [5.41, 5.74) is 7.43. The second kappa shape index (κ2) is 10.4. The molecule has 0 heterocycles. The van der Waals surface area contributed by atoms with Crippen LogP contribution in [-0.2, 0) is 0 Å². The second-order valence-corrected chi connectivity index (χ2v) is 6.45. The van der Waals surface area contributed by atoms with Gasteiger partial charge in [0.25, 0.3) is 0 Å². The molecule has 2 aromatic rings. The van der Waals surface area contributed by atoms with Crippen LogP contribution in [-0.4, -0.2) is 0 Å². The molecule has 136 valence electrons. The van der Waals surface area contributed by atoms with Gasteiger partial charge in [-0.2, -0.15) is 5.26 Å². The van der Waals surface area contributed by atoms with Crippen molar-refractivity contribution >= 4 is 11.1 Å². The number of rotatable bonds is 4. The highest BCUT2D eigenvalue weighted by atomic mass is 19.1. The molecule has 0 saturated heterocycles. The van der Waals surface area contributed by atoms with Crippen LogP contribution in [0, 0.1) is 37.9 Å². The predicted molar refractivity (Wildman–Crippen MR) is 110 cm³/mol. The lowest BCUT2D eigenvalue weighted by atomic mass is 9.97. The first-order chi connectivity index (χ1) is 12.3. The molecule has 0 bridgehead atoms. The summed E-state index contributed by atoms with van der Waals surface area (Å²) in [4.78, 5) is 0. The Bertz CT molecular complexity index is 838. The average molecular weight is 349 g/mol. The zero-order valence-corrected chi connectivity index (χ0v) is 16.5. The van der Waals surface area contributed by atoms with E-state index < -0.39 is 0 Å². The van der Waals surface area contributed by atoms with Gasteiger partial charge in [0.05, 0.1) is 11.6 Å². The Labute approximate surface area is 157 Å². The van der Waals surface area contributed by atoms with Crippen LogP contribution in [0.3, 0.4) is 0 Å². The van der Waals surface area contributed by atoms with E-state index in [1.807, 2.05) is 0 Å². The Morgan fingerprint density at radius 2 is 1.69 bits per heavy atom. The molecule has 0 aromatic heterocycles. The molecule has 2 heteroatoms. The van der Waals surface area contributed by atoms with Gasteiger partial charge >= 0.3 is 0 Å². The smallest absolute Gasteiger partial charge is 0.123 e. The van der Waals surface area contributed by atoms with Crippen molar-refractivity contribution in [2.24, 2.45) is 0 Å². The molecule has 0 fully saturated rings. The minimum atomic E-state index is -0.269. The zero-order chi connectivity index (χ0) is 19.7. The Kier molecular flexibility index (Phi) is 8.52. The van der Waals surface area contributed by atoms with Gasteiger partial charge in [-0.3, -0.25) is 0 Å². The molecule has 0 aliphatic heterocycles. The molecule has 0 saturated carbocycles. The Morgan fingerprint density at radius 1 is 1.08 bits per heavy atom. The number of hydrogen-bond acceptors (Lipinski definition) is 1. The molecule has 0 atom stereocenters. The first kappa shape index (κ1) is 21.4. The van der Waals surface area contributed by atoms with Crippen molar-refractivity contribution in [1.29, 1.82) is 5.26 Å². The zero-order valence-electron chi connectivity index (χ0n) is 16.5. The van der Waals surface area contributed by atoms with Crippen molar-refractivity contribution < 1.29 is 4.39 Å². The van der Waals surface area contributed by atoms with E-state index in [9.17, 15) is 4.39 Å². The van der Waals surface area contributed by atoms with Gasteiger partial charge in [0.1, 0.15) is 5.82 Å². The lowest BCUT2D eigenvalue weighted by molar-refractivity contribution is 0.626. The molecule has 2 rings (SSSR count). The molecule has 0 amide bonds. The van der Waals surface area contributed by atoms with Crippen LogP contribution in [0.2, 0.25) is 0 Å². The number of allylic oxidation sites excluding steroid dienone is 3. The Hall–Kier alpha value is -2.66. The second-order valence-electron chi connectivity index (χ2n) is 6.45. The fraction of sp³-hybridized carbons (Fsp3) is 0.292. The first-order valence-corrected chi connectivity index (χ1v) is 8.92. The van der Waals surface area contributed by atoms with Gasteiger partial charge < -0.3 is 0 Å². The third-order valence-corrected chi connectivity index (χ3v) is 4.20. The number of halogens is 1. The normalized spacial score (nSPS) is 10.6. The standard InChI is InChI=1S/C13H18.C11H10FN/c1-5-6-11(3)13-8-7-10(2)9-12(13)4;1-3-9(7-13)11-5-4-10(12)6-8(11)2/h7-9H,3,5-6H2,1-2,4H3;3-6H,1-2H3/b;9-3-. The quantitative estimate of drug-likeness (QED) is 0.536. The van der Waals surface area contributed by atoms with Gasteiger partial charge in [0, 0.05) is 0 Å². The molecule has 0 N–H and O–H groups in total. The van der Waals surface area contributed by atoms with Crippen molar-refractivity contribution in [2.75, 3.05) is 0 Å². The van der Waals surface area contributed by atoms with Crippen molar-refractivity contribution in [3.05, 3.63) is 82.7 Å². The van der Waals surface area contributed by atoms with E-state index in [2.05, 4.69) is 51.6 Å². The summed E-state index contributed by atoms with van der Waals surface area (Å²) >= 11 is 0. The summed E-state index contributed by atoms with van der Waals surface area (Å²) in [5.74, 6) is -0.269. The van der Waals surface area contributed by atoms with E-state index in [0.29, 0.717) is 5.57 Å². The lowest BCUT2D eigenvalue weighted by Gasteiger charge is -2.08. The van der Waals surface area contributed by atoms with Gasteiger partial charge in [-0.15, -0.1) is 0 Å². The summed E-state index contributed by atoms with van der Waals surface area (Å²) < 4.78 is 12.7. The number of aryl methyl sites for hydroxylation is 3. The van der Waals surface area contributed by atoms with Gasteiger partial charge in [0.2, 0.25) is 0 Å². The highest BCUT2D eigenvalue weighted by Gasteiger charge is 2.04. The third kappa shape index (κ3) is 6.01. The van der Waals surface area contributed by atoms with Gasteiger partial charge in [0.15, 0.2) is 0 Å². The van der Waals surface area contributed by atoms with Gasteiger partial charge in [-0.25, -0.2) is 4.39 Å². The van der Waals surface area contributed by atoms with Crippen LogP contribution >= 0.6 is 0 Å². The van der Waals surface area contributed by atoms with E-state index in [1.54, 1.807) is 26.0 Å². The molecule has 1 nitrogen and oxygen atoms in total. The van der Waals surface area contributed by atoms with Crippen LogP contribution in [0.1, 0.15) is 54.5 Å². The maximum atomic E-state index is 12.7. The summed E-state index contributed by atoms with van der Waals surface area (Å²) in [5, 5.41) is 8.76. The number of nitriles is 1. The average Bonchev–Trinajstić information content (AvgIpc) is 2.58. The maximum Gasteiger partial charge on any atom is 0.123 e. The van der Waals surface area contributed by atoms with Gasteiger partial charge in [-0.1, -0.05) is 55.8 Å². The van der Waals surface area contributed by atoms with Crippen LogP contribution < -0.4 is 0 Å². The van der Waals surface area contributed by atoms with Crippen LogP contribution in [0.25, 0.3) is 11.1 Å². The number of nitrogens with zero attached hydrogens (tertiary/aromatic N) is 1. The highest BCUT2D eigenvalue weighted by molar-refractivity contribution is 5.78. The van der Waals surface area contributed by atoms with Crippen LogP contribution in [0.5, 0.6) is 0 Å². The minimum Gasteiger partial charge on any atom is -0.207 e. The largest absolute Gasteiger partial charge is 0.207 e. The molecule has 26 heavy (non-hydrogen) atoms. The Balaban J connectivity index is 0.000000260. The molecule has 0 unspecified atom stereocenters. The Morgan fingerprint density at radius 3 is 2.19 bits per heavy atom.